The summed E-state index contributed by atoms with van der Waals surface area (Å²) in [6.07, 6.45) is 1.59. The summed E-state index contributed by atoms with van der Waals surface area (Å²) in [4.78, 5) is 13.4. The maximum Gasteiger partial charge on any atom is 0.142 e. The molecule has 0 amide bonds. The minimum atomic E-state index is 0.417. The molecule has 3 aromatic rings. The van der Waals surface area contributed by atoms with Gasteiger partial charge in [-0.15, -0.1) is 0 Å². The van der Waals surface area contributed by atoms with Crippen molar-refractivity contribution >= 4 is 5.82 Å². The molecule has 1 aromatic carbocycles. The molecule has 0 aliphatic heterocycles. The average Bonchev–Trinajstić information content (AvgIpc) is 2.47. The van der Waals surface area contributed by atoms with Crippen LogP contribution in [0.4, 0.5) is 5.82 Å². The summed E-state index contributed by atoms with van der Waals surface area (Å²) < 4.78 is 0. The van der Waals surface area contributed by atoms with Gasteiger partial charge in [0.1, 0.15) is 5.82 Å². The molecule has 0 unspecified atom stereocenters. The number of pyridine rings is 1. The van der Waals surface area contributed by atoms with Crippen molar-refractivity contribution in [2.24, 2.45) is 0 Å². The van der Waals surface area contributed by atoms with Crippen LogP contribution in [0.5, 0.6) is 0 Å². The first-order valence-corrected chi connectivity index (χ1v) is 6.77. The van der Waals surface area contributed by atoms with Crippen LogP contribution in [-0.2, 0) is 0 Å². The molecule has 0 aliphatic carbocycles. The van der Waals surface area contributed by atoms with Crippen LogP contribution in [0.3, 0.4) is 0 Å². The Hall–Kier alpha value is -2.75. The van der Waals surface area contributed by atoms with Crippen molar-refractivity contribution in [3.8, 4) is 22.5 Å². The van der Waals surface area contributed by atoms with E-state index in [1.165, 1.54) is 0 Å². The first-order valence-electron chi connectivity index (χ1n) is 6.77. The molecule has 0 spiro atoms. The van der Waals surface area contributed by atoms with Crippen molar-refractivity contribution in [1.82, 2.24) is 15.0 Å². The number of aryl methyl sites for hydroxylation is 2. The molecule has 4 heteroatoms. The second-order valence-electron chi connectivity index (χ2n) is 5.00. The first kappa shape index (κ1) is 13.2. The fourth-order valence-electron chi connectivity index (χ4n) is 2.38. The minimum Gasteiger partial charge on any atom is -0.382 e. The predicted octanol–water partition coefficient (Wildman–Crippen LogP) is 3.40. The highest BCUT2D eigenvalue weighted by Crippen LogP contribution is 2.29. The van der Waals surface area contributed by atoms with Gasteiger partial charge in [-0.3, -0.25) is 9.97 Å². The molecule has 104 valence electrons. The maximum absolute atomic E-state index is 5.82. The van der Waals surface area contributed by atoms with Crippen LogP contribution < -0.4 is 5.73 Å². The van der Waals surface area contributed by atoms with Crippen LogP contribution in [-0.4, -0.2) is 15.0 Å². The smallest absolute Gasteiger partial charge is 0.142 e. The molecule has 0 saturated carbocycles. The maximum atomic E-state index is 5.82. The number of nitrogens with two attached hydrogens (primary N) is 1. The molecule has 4 nitrogen and oxygen atoms in total. The zero-order valence-corrected chi connectivity index (χ0v) is 12.0. The lowest BCUT2D eigenvalue weighted by molar-refractivity contribution is 1.12. The van der Waals surface area contributed by atoms with E-state index in [1.54, 1.807) is 6.20 Å². The normalized spacial score (nSPS) is 10.6. The van der Waals surface area contributed by atoms with Crippen molar-refractivity contribution in [1.29, 1.82) is 0 Å². The van der Waals surface area contributed by atoms with Crippen molar-refractivity contribution in [2.75, 3.05) is 5.73 Å². The fraction of sp³-hybridized carbons (Fsp3) is 0.118. The molecule has 2 heterocycles. The number of benzene rings is 1. The molecule has 0 aliphatic rings. The second kappa shape index (κ2) is 5.32. The molecule has 0 atom stereocenters. The van der Waals surface area contributed by atoms with Gasteiger partial charge in [0.2, 0.25) is 0 Å². The second-order valence-corrected chi connectivity index (χ2v) is 5.00. The van der Waals surface area contributed by atoms with E-state index in [9.17, 15) is 0 Å². The molecular weight excluding hydrogens is 260 g/mol. The Balaban J connectivity index is 2.23. The summed E-state index contributed by atoms with van der Waals surface area (Å²) in [6.45, 7) is 3.95. The number of rotatable bonds is 2. The van der Waals surface area contributed by atoms with Crippen molar-refractivity contribution in [3.63, 3.8) is 0 Å². The topological polar surface area (TPSA) is 64.7 Å². The molecular formula is C17H16N4. The van der Waals surface area contributed by atoms with Gasteiger partial charge >= 0.3 is 0 Å². The van der Waals surface area contributed by atoms with Crippen molar-refractivity contribution < 1.29 is 0 Å². The van der Waals surface area contributed by atoms with E-state index in [0.29, 0.717) is 5.82 Å². The third-order valence-electron chi connectivity index (χ3n) is 3.19. The van der Waals surface area contributed by atoms with E-state index in [2.05, 4.69) is 15.0 Å². The van der Waals surface area contributed by atoms with E-state index >= 15 is 0 Å². The predicted molar refractivity (Wildman–Crippen MR) is 84.6 cm³/mol. The van der Waals surface area contributed by atoms with Gasteiger partial charge in [0, 0.05) is 22.5 Å². The lowest BCUT2D eigenvalue weighted by atomic mass is 10.0. The van der Waals surface area contributed by atoms with Crippen LogP contribution in [0.15, 0.2) is 48.7 Å². The summed E-state index contributed by atoms with van der Waals surface area (Å²) in [5.41, 5.74) is 11.4. The third kappa shape index (κ3) is 2.74. The monoisotopic (exact) mass is 276 g/mol. The van der Waals surface area contributed by atoms with Gasteiger partial charge in [0.15, 0.2) is 0 Å². The van der Waals surface area contributed by atoms with Gasteiger partial charge in [-0.25, -0.2) is 4.98 Å². The first-order chi connectivity index (χ1) is 10.1. The molecule has 2 N–H and O–H groups in total. The van der Waals surface area contributed by atoms with E-state index < -0.39 is 0 Å². The SMILES string of the molecule is Cc1cc(-c2ncc(N)nc2-c2ccccc2)cc(C)n1. The third-order valence-corrected chi connectivity index (χ3v) is 3.19. The van der Waals surface area contributed by atoms with Gasteiger partial charge in [0.25, 0.3) is 0 Å². The molecule has 0 saturated heterocycles. The number of anilines is 1. The Bertz CT molecular complexity index is 762. The van der Waals surface area contributed by atoms with Crippen molar-refractivity contribution in [2.45, 2.75) is 13.8 Å². The summed E-state index contributed by atoms with van der Waals surface area (Å²) in [5, 5.41) is 0. The van der Waals surface area contributed by atoms with Crippen LogP contribution in [0, 0.1) is 13.8 Å². The zero-order chi connectivity index (χ0) is 14.8. The Morgan fingerprint density at radius 3 is 2.14 bits per heavy atom. The van der Waals surface area contributed by atoms with Crippen LogP contribution in [0.25, 0.3) is 22.5 Å². The Labute approximate surface area is 123 Å². The fourth-order valence-corrected chi connectivity index (χ4v) is 2.38. The Kier molecular flexibility index (Phi) is 3.36. The molecule has 2 aromatic heterocycles. The van der Waals surface area contributed by atoms with E-state index in [4.69, 9.17) is 5.73 Å². The number of nitrogens with zero attached hydrogens (tertiary/aromatic N) is 3. The van der Waals surface area contributed by atoms with Crippen LogP contribution in [0.2, 0.25) is 0 Å². The van der Waals surface area contributed by atoms with Crippen molar-refractivity contribution in [3.05, 3.63) is 60.0 Å². The van der Waals surface area contributed by atoms with Crippen LogP contribution >= 0.6 is 0 Å². The molecule has 21 heavy (non-hydrogen) atoms. The number of hydrogen-bond acceptors (Lipinski definition) is 4. The summed E-state index contributed by atoms with van der Waals surface area (Å²) >= 11 is 0. The highest BCUT2D eigenvalue weighted by Gasteiger charge is 2.12. The summed E-state index contributed by atoms with van der Waals surface area (Å²) in [6, 6.07) is 14.0. The van der Waals surface area contributed by atoms with E-state index in [1.807, 2.05) is 56.3 Å². The van der Waals surface area contributed by atoms with E-state index in [0.717, 1.165) is 33.9 Å². The largest absolute Gasteiger partial charge is 0.382 e. The Morgan fingerprint density at radius 2 is 1.48 bits per heavy atom. The van der Waals surface area contributed by atoms with Gasteiger partial charge in [-0.1, -0.05) is 30.3 Å². The lowest BCUT2D eigenvalue weighted by Crippen LogP contribution is -1.99. The molecule has 0 bridgehead atoms. The zero-order valence-electron chi connectivity index (χ0n) is 12.0. The number of nitrogen functional groups attached to an aromatic ring is 1. The van der Waals surface area contributed by atoms with Crippen LogP contribution in [0.1, 0.15) is 11.4 Å². The Morgan fingerprint density at radius 1 is 0.810 bits per heavy atom. The summed E-state index contributed by atoms with van der Waals surface area (Å²) in [5.74, 6) is 0.417. The van der Waals surface area contributed by atoms with E-state index in [-0.39, 0.29) is 0 Å². The quantitative estimate of drug-likeness (QED) is 0.779. The van der Waals surface area contributed by atoms with Gasteiger partial charge in [-0.05, 0) is 26.0 Å². The molecule has 3 rings (SSSR count). The average molecular weight is 276 g/mol. The highest BCUT2D eigenvalue weighted by molar-refractivity contribution is 5.78. The summed E-state index contributed by atoms with van der Waals surface area (Å²) in [7, 11) is 0. The number of hydrogen-bond donors (Lipinski definition) is 1. The molecule has 0 fully saturated rings. The standard InChI is InChI=1S/C17H16N4/c1-11-8-14(9-12(2)20-11)16-17(21-15(18)10-19-16)13-6-4-3-5-7-13/h3-10H,1-2H3,(H2,18,21). The number of aromatic nitrogens is 3. The highest BCUT2D eigenvalue weighted by atomic mass is 14.9. The molecule has 0 radical (unpaired) electrons. The minimum absolute atomic E-state index is 0.417. The lowest BCUT2D eigenvalue weighted by Gasteiger charge is -2.10. The van der Waals surface area contributed by atoms with Gasteiger partial charge in [-0.2, -0.15) is 0 Å². The van der Waals surface area contributed by atoms with Gasteiger partial charge < -0.3 is 5.73 Å². The van der Waals surface area contributed by atoms with Gasteiger partial charge in [0.05, 0.1) is 17.6 Å².